The van der Waals surface area contributed by atoms with E-state index in [2.05, 4.69) is 24.1 Å². The van der Waals surface area contributed by atoms with Crippen LogP contribution in [0.1, 0.15) is 44.7 Å². The van der Waals surface area contributed by atoms with Gasteiger partial charge in [0.05, 0.1) is 0 Å². The van der Waals surface area contributed by atoms with E-state index in [4.69, 9.17) is 0 Å². The first-order valence-electron chi connectivity index (χ1n) is 7.46. The van der Waals surface area contributed by atoms with Crippen molar-refractivity contribution < 1.29 is 8.78 Å². The first-order chi connectivity index (χ1) is 9.60. The molecule has 1 N–H and O–H groups in total. The molecular weight excluding hydrogens is 258 g/mol. The van der Waals surface area contributed by atoms with Crippen LogP contribution in [0.15, 0.2) is 18.2 Å². The van der Waals surface area contributed by atoms with E-state index >= 15 is 0 Å². The van der Waals surface area contributed by atoms with Crippen LogP contribution < -0.4 is 5.32 Å². The van der Waals surface area contributed by atoms with Gasteiger partial charge in [-0.2, -0.15) is 0 Å². The van der Waals surface area contributed by atoms with Gasteiger partial charge in [-0.25, -0.2) is 8.78 Å². The number of hydrogen-bond acceptors (Lipinski definition) is 2. The van der Waals surface area contributed by atoms with Gasteiger partial charge in [0, 0.05) is 12.1 Å². The van der Waals surface area contributed by atoms with E-state index < -0.39 is 11.6 Å². The largest absolute Gasteiger partial charge is 0.313 e. The van der Waals surface area contributed by atoms with Gasteiger partial charge in [0.25, 0.3) is 0 Å². The van der Waals surface area contributed by atoms with Gasteiger partial charge < -0.3 is 10.2 Å². The first-order valence-corrected chi connectivity index (χ1v) is 7.46. The van der Waals surface area contributed by atoms with Crippen molar-refractivity contribution in [3.63, 3.8) is 0 Å². The summed E-state index contributed by atoms with van der Waals surface area (Å²) in [5.41, 5.74) is 0.679. The molecule has 0 spiro atoms. The van der Waals surface area contributed by atoms with Crippen LogP contribution in [-0.4, -0.2) is 31.6 Å². The van der Waals surface area contributed by atoms with Gasteiger partial charge >= 0.3 is 0 Å². The van der Waals surface area contributed by atoms with Crippen LogP contribution in [-0.2, 0) is 0 Å². The molecule has 0 aliphatic rings. The van der Waals surface area contributed by atoms with E-state index in [-0.39, 0.29) is 6.04 Å². The Balaban J connectivity index is 2.66. The lowest BCUT2D eigenvalue weighted by Crippen LogP contribution is -2.30. The lowest BCUT2D eigenvalue weighted by molar-refractivity contribution is 0.259. The third-order valence-electron chi connectivity index (χ3n) is 3.45. The van der Waals surface area contributed by atoms with Crippen molar-refractivity contribution in [1.29, 1.82) is 0 Å². The standard InChI is InChI=1S/C16H26F2N2/c1-4-7-20(8-5-2)9-6-16(19-3)13-10-14(17)12-15(18)11-13/h10-12,16,19H,4-9H2,1-3H3. The zero-order valence-electron chi connectivity index (χ0n) is 12.8. The minimum Gasteiger partial charge on any atom is -0.313 e. The summed E-state index contributed by atoms with van der Waals surface area (Å²) in [6, 6.07) is 3.72. The highest BCUT2D eigenvalue weighted by atomic mass is 19.1. The molecule has 2 nitrogen and oxygen atoms in total. The van der Waals surface area contributed by atoms with E-state index in [1.54, 1.807) is 0 Å². The summed E-state index contributed by atoms with van der Waals surface area (Å²) in [6.45, 7) is 7.41. The molecule has 1 rings (SSSR count). The molecule has 0 heterocycles. The number of nitrogens with zero attached hydrogens (tertiary/aromatic N) is 1. The van der Waals surface area contributed by atoms with Crippen molar-refractivity contribution in [3.8, 4) is 0 Å². The highest BCUT2D eigenvalue weighted by molar-refractivity contribution is 5.21. The Morgan fingerprint density at radius 2 is 1.55 bits per heavy atom. The number of nitrogens with one attached hydrogen (secondary N) is 1. The van der Waals surface area contributed by atoms with Crippen LogP contribution in [0.2, 0.25) is 0 Å². The van der Waals surface area contributed by atoms with Crippen LogP contribution in [0.4, 0.5) is 8.78 Å². The van der Waals surface area contributed by atoms with Crippen LogP contribution >= 0.6 is 0 Å². The maximum Gasteiger partial charge on any atom is 0.126 e. The van der Waals surface area contributed by atoms with Crippen LogP contribution in [0, 0.1) is 11.6 Å². The fraction of sp³-hybridized carbons (Fsp3) is 0.625. The van der Waals surface area contributed by atoms with Crippen LogP contribution in [0.5, 0.6) is 0 Å². The van der Waals surface area contributed by atoms with Crippen molar-refractivity contribution in [1.82, 2.24) is 10.2 Å². The fourth-order valence-corrected chi connectivity index (χ4v) is 2.53. The normalized spacial score (nSPS) is 12.9. The summed E-state index contributed by atoms with van der Waals surface area (Å²) in [4.78, 5) is 2.40. The maximum atomic E-state index is 13.3. The van der Waals surface area contributed by atoms with Gasteiger partial charge in [-0.3, -0.25) is 0 Å². The quantitative estimate of drug-likeness (QED) is 0.743. The molecular formula is C16H26F2N2. The Morgan fingerprint density at radius 1 is 1.00 bits per heavy atom. The fourth-order valence-electron chi connectivity index (χ4n) is 2.53. The van der Waals surface area contributed by atoms with Gasteiger partial charge in [-0.1, -0.05) is 13.8 Å². The zero-order chi connectivity index (χ0) is 15.0. The second kappa shape index (κ2) is 9.03. The Labute approximate surface area is 121 Å². The molecule has 0 saturated carbocycles. The van der Waals surface area contributed by atoms with Gasteiger partial charge in [0.15, 0.2) is 0 Å². The molecule has 1 unspecified atom stereocenters. The average molecular weight is 284 g/mol. The Hall–Kier alpha value is -1.00. The summed E-state index contributed by atoms with van der Waals surface area (Å²) in [7, 11) is 1.83. The molecule has 0 fully saturated rings. The minimum atomic E-state index is -0.515. The maximum absolute atomic E-state index is 13.3. The number of benzene rings is 1. The number of halogens is 2. The van der Waals surface area contributed by atoms with E-state index in [0.717, 1.165) is 45.0 Å². The molecule has 0 saturated heterocycles. The lowest BCUT2D eigenvalue weighted by atomic mass is 10.0. The first kappa shape index (κ1) is 17.1. The molecule has 1 aromatic carbocycles. The number of hydrogen-bond donors (Lipinski definition) is 1. The Morgan fingerprint density at radius 3 is 2.00 bits per heavy atom. The molecule has 20 heavy (non-hydrogen) atoms. The topological polar surface area (TPSA) is 15.3 Å². The summed E-state index contributed by atoms with van der Waals surface area (Å²) in [6.07, 6.45) is 3.09. The molecule has 0 aliphatic carbocycles. The molecule has 0 radical (unpaired) electrons. The highest BCUT2D eigenvalue weighted by Gasteiger charge is 2.13. The average Bonchev–Trinajstić information content (AvgIpc) is 2.38. The predicted octanol–water partition coefficient (Wildman–Crippen LogP) is 3.74. The van der Waals surface area contributed by atoms with E-state index in [1.165, 1.54) is 12.1 Å². The predicted molar refractivity (Wildman–Crippen MR) is 79.8 cm³/mol. The zero-order valence-corrected chi connectivity index (χ0v) is 12.8. The molecule has 0 aromatic heterocycles. The smallest absolute Gasteiger partial charge is 0.126 e. The molecule has 0 bridgehead atoms. The molecule has 1 atom stereocenters. The molecule has 0 aliphatic heterocycles. The molecule has 0 amide bonds. The van der Waals surface area contributed by atoms with Crippen molar-refractivity contribution in [3.05, 3.63) is 35.4 Å². The number of rotatable bonds is 9. The minimum absolute atomic E-state index is 0.0172. The highest BCUT2D eigenvalue weighted by Crippen LogP contribution is 2.19. The van der Waals surface area contributed by atoms with Crippen molar-refractivity contribution in [2.75, 3.05) is 26.7 Å². The van der Waals surface area contributed by atoms with Gasteiger partial charge in [0.1, 0.15) is 11.6 Å². The third kappa shape index (κ3) is 5.55. The third-order valence-corrected chi connectivity index (χ3v) is 3.45. The molecule has 1 aromatic rings. The van der Waals surface area contributed by atoms with Gasteiger partial charge in [0.2, 0.25) is 0 Å². The summed E-state index contributed by atoms with van der Waals surface area (Å²) < 4.78 is 26.6. The van der Waals surface area contributed by atoms with E-state index in [0.29, 0.717) is 5.56 Å². The summed E-state index contributed by atoms with van der Waals surface area (Å²) in [5, 5.41) is 3.15. The van der Waals surface area contributed by atoms with E-state index in [1.807, 2.05) is 7.05 Å². The molecule has 4 heteroatoms. The second-order valence-electron chi connectivity index (χ2n) is 5.17. The Bertz CT molecular complexity index is 370. The van der Waals surface area contributed by atoms with Crippen molar-refractivity contribution >= 4 is 0 Å². The summed E-state index contributed by atoms with van der Waals surface area (Å²) >= 11 is 0. The van der Waals surface area contributed by atoms with Crippen molar-refractivity contribution in [2.45, 2.75) is 39.2 Å². The Kier molecular flexibility index (Phi) is 7.70. The summed E-state index contributed by atoms with van der Waals surface area (Å²) in [5.74, 6) is -1.03. The SMILES string of the molecule is CCCN(CCC)CCC(NC)c1cc(F)cc(F)c1. The molecule has 114 valence electrons. The second-order valence-corrected chi connectivity index (χ2v) is 5.17. The van der Waals surface area contributed by atoms with Crippen LogP contribution in [0.25, 0.3) is 0 Å². The monoisotopic (exact) mass is 284 g/mol. The van der Waals surface area contributed by atoms with Gasteiger partial charge in [-0.15, -0.1) is 0 Å². The van der Waals surface area contributed by atoms with Crippen LogP contribution in [0.3, 0.4) is 0 Å². The van der Waals surface area contributed by atoms with Gasteiger partial charge in [-0.05, 0) is 63.6 Å². The van der Waals surface area contributed by atoms with Crippen molar-refractivity contribution in [2.24, 2.45) is 0 Å². The lowest BCUT2D eigenvalue weighted by Gasteiger charge is -2.24. The van der Waals surface area contributed by atoms with E-state index in [9.17, 15) is 8.78 Å².